The Morgan fingerprint density at radius 3 is 2.70 bits per heavy atom. The van der Waals surface area contributed by atoms with Gasteiger partial charge in [-0.15, -0.1) is 0 Å². The highest BCUT2D eigenvalue weighted by Gasteiger charge is 2.40. The lowest BCUT2D eigenvalue weighted by Crippen LogP contribution is -2.42. The van der Waals surface area contributed by atoms with Crippen molar-refractivity contribution in [1.29, 1.82) is 5.26 Å². The Morgan fingerprint density at radius 2 is 1.89 bits per heavy atom. The second kappa shape index (κ2) is 8.87. The first-order valence-corrected chi connectivity index (χ1v) is 11.8. The monoisotopic (exact) mass is 494 g/mol. The lowest BCUT2D eigenvalue weighted by molar-refractivity contribution is -0.116. The number of nitrogens with one attached hydrogen (secondary N) is 2. The molecule has 1 aromatic heterocycles. The number of ketones is 1. The van der Waals surface area contributed by atoms with Gasteiger partial charge in [0.15, 0.2) is 17.3 Å². The maximum atomic E-state index is 13.3. The van der Waals surface area contributed by atoms with Gasteiger partial charge in [-0.1, -0.05) is 36.4 Å². The van der Waals surface area contributed by atoms with Crippen LogP contribution in [0.3, 0.4) is 0 Å². The minimum atomic E-state index is -0.647. The zero-order valence-electron chi connectivity index (χ0n) is 19.7. The second-order valence-corrected chi connectivity index (χ2v) is 8.90. The van der Waals surface area contributed by atoms with Crippen molar-refractivity contribution in [3.63, 3.8) is 0 Å². The van der Waals surface area contributed by atoms with Gasteiger partial charge in [0.05, 0.1) is 23.2 Å². The van der Waals surface area contributed by atoms with E-state index in [1.165, 1.54) is 6.07 Å². The van der Waals surface area contributed by atoms with E-state index < -0.39 is 11.5 Å². The maximum Gasteiger partial charge on any atom is 0.266 e. The summed E-state index contributed by atoms with van der Waals surface area (Å²) in [4.78, 5) is 25.6. The van der Waals surface area contributed by atoms with Crippen molar-refractivity contribution in [3.8, 4) is 28.8 Å². The Kier molecular flexibility index (Phi) is 5.38. The van der Waals surface area contributed by atoms with Crippen LogP contribution in [-0.4, -0.2) is 27.8 Å². The number of hydrazine groups is 1. The first-order chi connectivity index (χ1) is 18.0. The number of ether oxygens (including phenoxy) is 2. The lowest BCUT2D eigenvalue weighted by atomic mass is 9.76. The van der Waals surface area contributed by atoms with Crippen LogP contribution in [0, 0.1) is 11.3 Å². The Balaban J connectivity index is 1.49. The fraction of sp³-hybridized carbons (Fsp3) is 0.185. The number of anilines is 1. The molecule has 0 saturated carbocycles. The van der Waals surface area contributed by atoms with Crippen LogP contribution in [0.25, 0.3) is 11.3 Å². The molecule has 3 aromatic rings. The van der Waals surface area contributed by atoms with E-state index in [0.717, 1.165) is 5.56 Å². The summed E-state index contributed by atoms with van der Waals surface area (Å²) < 4.78 is 11.0. The quantitative estimate of drug-likeness (QED) is 0.497. The smallest absolute Gasteiger partial charge is 0.266 e. The topological polar surface area (TPSA) is 146 Å². The number of rotatable bonds is 4. The van der Waals surface area contributed by atoms with Gasteiger partial charge in [0.2, 0.25) is 6.79 Å². The number of nitriles is 1. The summed E-state index contributed by atoms with van der Waals surface area (Å²) in [6.07, 6.45) is 1.57. The fourth-order valence-corrected chi connectivity index (χ4v) is 5.06. The largest absolute Gasteiger partial charge is 0.454 e. The number of nitrogens with zero attached hydrogens (tertiary/aromatic N) is 3. The molecule has 0 unspecified atom stereocenters. The van der Waals surface area contributed by atoms with Gasteiger partial charge in [-0.25, -0.2) is 10.1 Å². The summed E-state index contributed by atoms with van der Waals surface area (Å²) in [5, 5.41) is 18.5. The number of H-pyrrole nitrogens is 1. The zero-order valence-corrected chi connectivity index (χ0v) is 19.7. The van der Waals surface area contributed by atoms with Gasteiger partial charge in [-0.05, 0) is 30.5 Å². The van der Waals surface area contributed by atoms with Crippen LogP contribution >= 0.6 is 0 Å². The van der Waals surface area contributed by atoms with E-state index in [9.17, 15) is 14.9 Å². The molecule has 37 heavy (non-hydrogen) atoms. The number of hydrogen-bond acceptors (Lipinski definition) is 9. The Bertz CT molecular complexity index is 1580. The number of hydrogen-bond donors (Lipinski definition) is 3. The van der Waals surface area contributed by atoms with Crippen molar-refractivity contribution >= 4 is 11.5 Å². The molecule has 0 fully saturated rings. The number of fused-ring (bicyclic) bond motifs is 1. The molecule has 0 radical (unpaired) electrons. The molecule has 2 aliphatic heterocycles. The van der Waals surface area contributed by atoms with Crippen molar-refractivity contribution in [2.45, 2.75) is 25.2 Å². The molecule has 0 spiro atoms. The Labute approximate surface area is 211 Å². The predicted octanol–water partition coefficient (Wildman–Crippen LogP) is 3.29. The average molecular weight is 495 g/mol. The summed E-state index contributed by atoms with van der Waals surface area (Å²) in [6.45, 7) is 0.116. The van der Waals surface area contributed by atoms with E-state index >= 15 is 0 Å². The summed E-state index contributed by atoms with van der Waals surface area (Å²) in [5.74, 6) is 0.617. The second-order valence-electron chi connectivity index (χ2n) is 8.90. The predicted molar refractivity (Wildman–Crippen MR) is 134 cm³/mol. The highest BCUT2D eigenvalue weighted by molar-refractivity contribution is 6.00. The molecule has 0 amide bonds. The molecule has 1 aliphatic carbocycles. The third-order valence-electron chi connectivity index (χ3n) is 6.73. The van der Waals surface area contributed by atoms with Crippen molar-refractivity contribution in [3.05, 3.63) is 93.2 Å². The number of aromatic nitrogens is 2. The molecule has 0 saturated heterocycles. The number of carbonyl (C=O) groups excluding carboxylic acids is 1. The van der Waals surface area contributed by atoms with Crippen LogP contribution in [0.1, 0.15) is 30.7 Å². The van der Waals surface area contributed by atoms with E-state index in [1.54, 1.807) is 17.1 Å². The minimum absolute atomic E-state index is 0.0525. The number of nitrogens with two attached hydrogens (primary N) is 1. The highest BCUT2D eigenvalue weighted by atomic mass is 16.7. The molecule has 1 atom stereocenters. The zero-order chi connectivity index (χ0) is 25.5. The summed E-state index contributed by atoms with van der Waals surface area (Å²) >= 11 is 0. The molecule has 6 rings (SSSR count). The number of aromatic amines is 1. The van der Waals surface area contributed by atoms with Gasteiger partial charge in [0, 0.05) is 29.3 Å². The van der Waals surface area contributed by atoms with Crippen molar-refractivity contribution in [1.82, 2.24) is 15.2 Å². The fourth-order valence-electron chi connectivity index (χ4n) is 5.06. The number of carbonyl (C=O) groups is 1. The standard InChI is InChI=1S/C27H22N6O4/c28-13-17-24(16-9-10-21-22(11-16)37-14-36-21)25-19(7-4-8-20(25)34)33(27(17)29)32-18-12-23(35)30-31-26(18)15-5-2-1-3-6-15/h1-3,5-6,9-12,24H,4,7-8,14,29H2,(H2,30,32,35)/t24-/m1/s1. The van der Waals surface area contributed by atoms with Crippen molar-refractivity contribution in [2.75, 3.05) is 12.2 Å². The Hall–Kier alpha value is -5.04. The molecule has 3 aliphatic rings. The van der Waals surface area contributed by atoms with E-state index in [0.29, 0.717) is 59.0 Å². The van der Waals surface area contributed by atoms with Crippen LogP contribution in [0.5, 0.6) is 11.5 Å². The Morgan fingerprint density at radius 1 is 1.08 bits per heavy atom. The average Bonchev–Trinajstić information content (AvgIpc) is 3.39. The van der Waals surface area contributed by atoms with Crippen LogP contribution in [0.4, 0.5) is 5.69 Å². The molecular formula is C27H22N6O4. The van der Waals surface area contributed by atoms with Crippen molar-refractivity contribution in [2.24, 2.45) is 5.73 Å². The van der Waals surface area contributed by atoms with Crippen molar-refractivity contribution < 1.29 is 14.3 Å². The SMILES string of the molecule is N#CC1=C(N)N(Nc2cc(=O)[nH]nc2-c2ccccc2)C2=C(C(=O)CCC2)[C@@H]1c1ccc2c(c1)OCO2. The molecule has 3 heterocycles. The molecule has 10 heteroatoms. The van der Waals surface area contributed by atoms with Gasteiger partial charge in [0.1, 0.15) is 11.5 Å². The molecule has 4 N–H and O–H groups in total. The van der Waals surface area contributed by atoms with Gasteiger partial charge >= 0.3 is 0 Å². The van der Waals surface area contributed by atoms with Crippen LogP contribution in [0.2, 0.25) is 0 Å². The van der Waals surface area contributed by atoms with Gasteiger partial charge in [0.25, 0.3) is 5.56 Å². The summed E-state index contributed by atoms with van der Waals surface area (Å²) in [7, 11) is 0. The third kappa shape index (κ3) is 3.77. The van der Waals surface area contributed by atoms with Crippen LogP contribution in [0.15, 0.2) is 82.1 Å². The van der Waals surface area contributed by atoms with Gasteiger partial charge in [-0.2, -0.15) is 10.4 Å². The highest BCUT2D eigenvalue weighted by Crippen LogP contribution is 2.46. The van der Waals surface area contributed by atoms with Gasteiger partial charge in [-0.3, -0.25) is 15.0 Å². The molecular weight excluding hydrogens is 472 g/mol. The molecule has 10 nitrogen and oxygen atoms in total. The minimum Gasteiger partial charge on any atom is -0.454 e. The first kappa shape index (κ1) is 22.4. The first-order valence-electron chi connectivity index (χ1n) is 11.8. The number of Topliss-reactive ketones (excluding diaryl/α,β-unsaturated/α-hetero) is 1. The number of allylic oxidation sites excluding steroid dienone is 3. The van der Waals surface area contributed by atoms with E-state index in [-0.39, 0.29) is 24.0 Å². The molecule has 184 valence electrons. The third-order valence-corrected chi connectivity index (χ3v) is 6.73. The maximum absolute atomic E-state index is 13.3. The lowest BCUT2D eigenvalue weighted by Gasteiger charge is -2.40. The molecule has 0 bridgehead atoms. The molecule has 2 aromatic carbocycles. The normalized spacial score (nSPS) is 18.5. The van der Waals surface area contributed by atoms with E-state index in [4.69, 9.17) is 15.2 Å². The van der Waals surface area contributed by atoms with Gasteiger partial charge < -0.3 is 15.2 Å². The van der Waals surface area contributed by atoms with E-state index in [1.807, 2.05) is 36.4 Å². The van der Waals surface area contributed by atoms with E-state index in [2.05, 4.69) is 21.7 Å². The summed E-state index contributed by atoms with van der Waals surface area (Å²) in [6, 6.07) is 18.3. The summed E-state index contributed by atoms with van der Waals surface area (Å²) in [5.41, 5.74) is 13.2. The van der Waals surface area contributed by atoms with Crippen LogP contribution < -0.4 is 26.2 Å². The number of benzene rings is 2. The van der Waals surface area contributed by atoms with Crippen LogP contribution in [-0.2, 0) is 4.79 Å².